The fourth-order valence-corrected chi connectivity index (χ4v) is 3.64. The van der Waals surface area contributed by atoms with Gasteiger partial charge in [0, 0.05) is 29.6 Å². The molecule has 2 aromatic carbocycles. The van der Waals surface area contributed by atoms with Gasteiger partial charge in [-0.3, -0.25) is 9.69 Å². The van der Waals surface area contributed by atoms with E-state index in [1.807, 2.05) is 24.3 Å². The summed E-state index contributed by atoms with van der Waals surface area (Å²) < 4.78 is 13.0. The van der Waals surface area contributed by atoms with Gasteiger partial charge in [0.25, 0.3) is 0 Å². The minimum Gasteiger partial charge on any atom is -0.393 e. The maximum Gasteiger partial charge on any atom is 0.162 e. The molecule has 0 aliphatic carbocycles. The van der Waals surface area contributed by atoms with Gasteiger partial charge in [-0.15, -0.1) is 0 Å². The van der Waals surface area contributed by atoms with Gasteiger partial charge in [0.15, 0.2) is 5.78 Å². The van der Waals surface area contributed by atoms with Gasteiger partial charge in [-0.05, 0) is 67.8 Å². The van der Waals surface area contributed by atoms with Gasteiger partial charge in [0.1, 0.15) is 5.82 Å². The van der Waals surface area contributed by atoms with Crippen LogP contribution in [-0.2, 0) is 0 Å². The zero-order chi connectivity index (χ0) is 18.5. The lowest BCUT2D eigenvalue weighted by atomic mass is 9.93. The zero-order valence-corrected chi connectivity index (χ0v) is 15.3. The number of halogens is 2. The molecule has 0 aromatic heterocycles. The van der Waals surface area contributed by atoms with Crippen molar-refractivity contribution in [1.82, 2.24) is 4.90 Å². The van der Waals surface area contributed by atoms with Crippen LogP contribution in [0.4, 0.5) is 4.39 Å². The molecule has 2 atom stereocenters. The summed E-state index contributed by atoms with van der Waals surface area (Å²) in [6.07, 6.45) is 2.30. The van der Waals surface area contributed by atoms with Crippen molar-refractivity contribution in [3.05, 3.63) is 70.5 Å². The largest absolute Gasteiger partial charge is 0.393 e. The Morgan fingerprint density at radius 3 is 2.54 bits per heavy atom. The molecule has 138 valence electrons. The molecule has 2 unspecified atom stereocenters. The van der Waals surface area contributed by atoms with Crippen LogP contribution < -0.4 is 0 Å². The Morgan fingerprint density at radius 2 is 1.85 bits per heavy atom. The fraction of sp³-hybridized carbons (Fsp3) is 0.381. The standard InChI is InChI=1S/C21H23ClFNO2/c22-17-7-3-15(4-8-17)20-14-19(25)11-13-24(20)12-1-2-21(26)16-5-9-18(23)10-6-16/h3-10,19-20,25H,1-2,11-14H2. The first-order valence-electron chi connectivity index (χ1n) is 8.99. The van der Waals surface area contributed by atoms with Crippen molar-refractivity contribution in [2.24, 2.45) is 0 Å². The van der Waals surface area contributed by atoms with E-state index in [1.54, 1.807) is 0 Å². The molecule has 1 aliphatic rings. The van der Waals surface area contributed by atoms with Gasteiger partial charge in [-0.2, -0.15) is 0 Å². The van der Waals surface area contributed by atoms with Crippen LogP contribution in [0, 0.1) is 5.82 Å². The molecule has 1 saturated heterocycles. The number of rotatable bonds is 6. The van der Waals surface area contributed by atoms with E-state index in [4.69, 9.17) is 11.6 Å². The summed E-state index contributed by atoms with van der Waals surface area (Å²) in [6.45, 7) is 1.59. The molecule has 2 aromatic rings. The molecule has 26 heavy (non-hydrogen) atoms. The molecule has 1 N–H and O–H groups in total. The van der Waals surface area contributed by atoms with Crippen LogP contribution in [-0.4, -0.2) is 35.0 Å². The lowest BCUT2D eigenvalue weighted by Crippen LogP contribution is -2.39. The highest BCUT2D eigenvalue weighted by Gasteiger charge is 2.28. The predicted octanol–water partition coefficient (Wildman–Crippen LogP) is 4.64. The minimum atomic E-state index is -0.334. The number of ketones is 1. The Balaban J connectivity index is 1.59. The van der Waals surface area contributed by atoms with Crippen LogP contribution in [0.1, 0.15) is 47.6 Å². The molecule has 1 fully saturated rings. The van der Waals surface area contributed by atoms with Crippen molar-refractivity contribution in [2.45, 2.75) is 37.8 Å². The summed E-state index contributed by atoms with van der Waals surface area (Å²) in [5.74, 6) is -0.302. The quantitative estimate of drug-likeness (QED) is 0.748. The van der Waals surface area contributed by atoms with Gasteiger partial charge >= 0.3 is 0 Å². The number of hydrogen-bond acceptors (Lipinski definition) is 3. The number of benzene rings is 2. The monoisotopic (exact) mass is 375 g/mol. The number of aliphatic hydroxyl groups excluding tert-OH is 1. The molecule has 0 saturated carbocycles. The zero-order valence-electron chi connectivity index (χ0n) is 14.6. The molecule has 0 radical (unpaired) electrons. The summed E-state index contributed by atoms with van der Waals surface area (Å²) in [6, 6.07) is 13.6. The van der Waals surface area contributed by atoms with E-state index in [-0.39, 0.29) is 23.7 Å². The molecular weight excluding hydrogens is 353 g/mol. The van der Waals surface area contributed by atoms with E-state index in [0.717, 1.165) is 31.5 Å². The number of hydrogen-bond donors (Lipinski definition) is 1. The number of carbonyl (C=O) groups is 1. The highest BCUT2D eigenvalue weighted by molar-refractivity contribution is 6.30. The Morgan fingerprint density at radius 1 is 1.15 bits per heavy atom. The Bertz CT molecular complexity index is 733. The maximum atomic E-state index is 13.0. The average molecular weight is 376 g/mol. The predicted molar refractivity (Wildman–Crippen MR) is 101 cm³/mol. The highest BCUT2D eigenvalue weighted by Crippen LogP contribution is 2.32. The lowest BCUT2D eigenvalue weighted by molar-refractivity contribution is 0.0397. The molecule has 1 aliphatic heterocycles. The Hall–Kier alpha value is -1.75. The maximum absolute atomic E-state index is 13.0. The first-order chi connectivity index (χ1) is 12.5. The molecule has 5 heteroatoms. The average Bonchev–Trinajstić information content (AvgIpc) is 2.64. The molecule has 0 bridgehead atoms. The van der Waals surface area contributed by atoms with E-state index >= 15 is 0 Å². The Kier molecular flexibility index (Phi) is 6.41. The number of likely N-dealkylation sites (tertiary alicyclic amines) is 1. The summed E-state index contributed by atoms with van der Waals surface area (Å²) in [4.78, 5) is 14.6. The summed E-state index contributed by atoms with van der Waals surface area (Å²) in [5, 5.41) is 10.8. The normalized spacial score (nSPS) is 20.9. The van der Waals surface area contributed by atoms with Gasteiger partial charge in [-0.1, -0.05) is 23.7 Å². The number of aliphatic hydroxyl groups is 1. The van der Waals surface area contributed by atoms with Crippen LogP contribution in [0.2, 0.25) is 5.02 Å². The molecule has 1 heterocycles. The van der Waals surface area contributed by atoms with Crippen LogP contribution in [0.5, 0.6) is 0 Å². The third-order valence-corrected chi connectivity index (χ3v) is 5.21. The molecule has 0 spiro atoms. The van der Waals surface area contributed by atoms with Crippen molar-refractivity contribution >= 4 is 17.4 Å². The second kappa shape index (κ2) is 8.76. The van der Waals surface area contributed by atoms with Gasteiger partial charge < -0.3 is 5.11 Å². The Labute approximate surface area is 158 Å². The van der Waals surface area contributed by atoms with E-state index in [9.17, 15) is 14.3 Å². The SMILES string of the molecule is O=C(CCCN1CCC(O)CC1c1ccc(Cl)cc1)c1ccc(F)cc1. The number of piperidine rings is 1. The first-order valence-corrected chi connectivity index (χ1v) is 9.37. The fourth-order valence-electron chi connectivity index (χ4n) is 3.52. The van der Waals surface area contributed by atoms with Crippen LogP contribution in [0.15, 0.2) is 48.5 Å². The number of nitrogens with zero attached hydrogens (tertiary/aromatic N) is 1. The van der Waals surface area contributed by atoms with E-state index < -0.39 is 0 Å². The second-order valence-corrected chi connectivity index (χ2v) is 7.25. The lowest BCUT2D eigenvalue weighted by Gasteiger charge is -2.38. The minimum absolute atomic E-state index is 0.0325. The highest BCUT2D eigenvalue weighted by atomic mass is 35.5. The molecule has 0 amide bonds. The van der Waals surface area contributed by atoms with Gasteiger partial charge in [-0.25, -0.2) is 4.39 Å². The van der Waals surface area contributed by atoms with Crippen molar-refractivity contribution in [1.29, 1.82) is 0 Å². The second-order valence-electron chi connectivity index (χ2n) is 6.82. The van der Waals surface area contributed by atoms with E-state index in [2.05, 4.69) is 4.90 Å². The summed E-state index contributed by atoms with van der Waals surface area (Å²) in [7, 11) is 0. The van der Waals surface area contributed by atoms with E-state index in [0.29, 0.717) is 23.4 Å². The molecular formula is C21H23ClFNO2. The van der Waals surface area contributed by atoms with Crippen molar-refractivity contribution < 1.29 is 14.3 Å². The topological polar surface area (TPSA) is 40.5 Å². The van der Waals surface area contributed by atoms with Crippen LogP contribution in [0.25, 0.3) is 0 Å². The molecule has 3 nitrogen and oxygen atoms in total. The number of Topliss-reactive ketones (excluding diaryl/α,β-unsaturated/α-hetero) is 1. The van der Waals surface area contributed by atoms with Crippen molar-refractivity contribution in [2.75, 3.05) is 13.1 Å². The van der Waals surface area contributed by atoms with Crippen LogP contribution in [0.3, 0.4) is 0 Å². The van der Waals surface area contributed by atoms with Gasteiger partial charge in [0.05, 0.1) is 6.10 Å². The smallest absolute Gasteiger partial charge is 0.162 e. The van der Waals surface area contributed by atoms with Crippen molar-refractivity contribution in [3.8, 4) is 0 Å². The van der Waals surface area contributed by atoms with E-state index in [1.165, 1.54) is 24.3 Å². The van der Waals surface area contributed by atoms with Gasteiger partial charge in [0.2, 0.25) is 0 Å². The molecule has 3 rings (SSSR count). The summed E-state index contributed by atoms with van der Waals surface area (Å²) in [5.41, 5.74) is 1.69. The van der Waals surface area contributed by atoms with Crippen LogP contribution >= 0.6 is 11.6 Å². The van der Waals surface area contributed by atoms with Crippen molar-refractivity contribution in [3.63, 3.8) is 0 Å². The summed E-state index contributed by atoms with van der Waals surface area (Å²) >= 11 is 5.98. The first kappa shape index (κ1) is 19.0. The number of carbonyl (C=O) groups excluding carboxylic acids is 1. The third-order valence-electron chi connectivity index (χ3n) is 4.96. The third kappa shape index (κ3) is 4.91.